The van der Waals surface area contributed by atoms with E-state index in [0.717, 1.165) is 32.2 Å². The average Bonchev–Trinajstić information content (AvgIpc) is 3.44. The highest BCUT2D eigenvalue weighted by atomic mass is 127. The summed E-state index contributed by atoms with van der Waals surface area (Å²) in [4.78, 5) is 32.2. The lowest BCUT2D eigenvalue weighted by atomic mass is 9.97. The fraction of sp³-hybridized carbons (Fsp3) is 0.562. The van der Waals surface area contributed by atoms with E-state index in [1.165, 1.54) is 0 Å². The Labute approximate surface area is 149 Å². The lowest BCUT2D eigenvalue weighted by molar-refractivity contribution is -0.120. The van der Waals surface area contributed by atoms with Gasteiger partial charge in [0.25, 0.3) is 0 Å². The zero-order chi connectivity index (χ0) is 16.2. The van der Waals surface area contributed by atoms with Crippen LogP contribution in [0.1, 0.15) is 25.7 Å². The maximum Gasteiger partial charge on any atom is 0.419 e. The fourth-order valence-corrected chi connectivity index (χ4v) is 3.33. The summed E-state index contributed by atoms with van der Waals surface area (Å²) in [6, 6.07) is 5.62. The van der Waals surface area contributed by atoms with E-state index in [-0.39, 0.29) is 23.8 Å². The van der Waals surface area contributed by atoms with Gasteiger partial charge in [-0.25, -0.2) is 9.78 Å². The van der Waals surface area contributed by atoms with E-state index in [1.807, 2.05) is 18.2 Å². The van der Waals surface area contributed by atoms with E-state index >= 15 is 0 Å². The summed E-state index contributed by atoms with van der Waals surface area (Å²) in [7, 11) is 0. The van der Waals surface area contributed by atoms with Gasteiger partial charge in [-0.05, 0) is 43.7 Å². The molecule has 0 radical (unpaired) electrons. The molecule has 2 heterocycles. The van der Waals surface area contributed by atoms with E-state index in [4.69, 9.17) is 3.07 Å². The van der Waals surface area contributed by atoms with Gasteiger partial charge < -0.3 is 7.97 Å². The maximum atomic E-state index is 12.6. The summed E-state index contributed by atoms with van der Waals surface area (Å²) in [5, 5.41) is 0. The van der Waals surface area contributed by atoms with Crippen molar-refractivity contribution >= 4 is 40.8 Å². The molecular weight excluding hydrogens is 409 g/mol. The second-order valence-electron chi connectivity index (χ2n) is 6.21. The molecule has 6 nitrogen and oxygen atoms in total. The Morgan fingerprint density at radius 2 is 2.17 bits per heavy atom. The Morgan fingerprint density at radius 1 is 1.35 bits per heavy atom. The highest BCUT2D eigenvalue weighted by molar-refractivity contribution is 14.1. The molecule has 1 aliphatic heterocycles. The molecule has 1 aliphatic carbocycles. The second-order valence-corrected chi connectivity index (χ2v) is 6.65. The molecular formula is C16H20IN3O3. The van der Waals surface area contributed by atoms with Crippen molar-refractivity contribution in [2.75, 3.05) is 24.5 Å². The topological polar surface area (TPSA) is 62.7 Å². The van der Waals surface area contributed by atoms with Gasteiger partial charge in [0.05, 0.1) is 0 Å². The highest BCUT2D eigenvalue weighted by Crippen LogP contribution is 2.33. The minimum atomic E-state index is -0.298. The quantitative estimate of drug-likeness (QED) is 0.691. The summed E-state index contributed by atoms with van der Waals surface area (Å²) in [5.41, 5.74) is 0. The molecule has 1 saturated carbocycles. The first-order chi connectivity index (χ1) is 11.2. The smallest absolute Gasteiger partial charge is 0.378 e. The van der Waals surface area contributed by atoms with Gasteiger partial charge in [0, 0.05) is 31.7 Å². The number of nitrogens with zero attached hydrogens (tertiary/aromatic N) is 3. The molecule has 1 aromatic rings. The first kappa shape index (κ1) is 16.5. The summed E-state index contributed by atoms with van der Waals surface area (Å²) >= 11 is 1.62. The standard InChI is InChI=1S/C16H20IN3O3/c17-23-16(22)19-9-3-4-12(10-19)11-20(15(21)13-6-7-13)14-5-1-2-8-18-14/h1-2,5,8,12-13H,3-4,6-7,9-11H2. The van der Waals surface area contributed by atoms with Gasteiger partial charge in [-0.2, -0.15) is 0 Å². The van der Waals surface area contributed by atoms with Crippen LogP contribution in [0.25, 0.3) is 0 Å². The predicted molar refractivity (Wildman–Crippen MR) is 94.1 cm³/mol. The van der Waals surface area contributed by atoms with Crippen molar-refractivity contribution in [2.24, 2.45) is 11.8 Å². The molecule has 1 unspecified atom stereocenters. The SMILES string of the molecule is O=C(OI)N1CCCC(CN(C(=O)C2CC2)c2ccccn2)C1. The Bertz CT molecular complexity index is 565. The van der Waals surface area contributed by atoms with Gasteiger partial charge in [-0.15, -0.1) is 0 Å². The van der Waals surface area contributed by atoms with Crippen LogP contribution in [0.2, 0.25) is 0 Å². The van der Waals surface area contributed by atoms with Crippen molar-refractivity contribution in [3.63, 3.8) is 0 Å². The third-order valence-electron chi connectivity index (χ3n) is 4.40. The largest absolute Gasteiger partial charge is 0.419 e. The average molecular weight is 429 g/mol. The number of carbonyl (C=O) groups is 2. The second kappa shape index (κ2) is 7.46. The number of hydrogen-bond donors (Lipinski definition) is 0. The van der Waals surface area contributed by atoms with Crippen LogP contribution in [0.5, 0.6) is 0 Å². The molecule has 1 saturated heterocycles. The summed E-state index contributed by atoms with van der Waals surface area (Å²) < 4.78 is 4.79. The molecule has 0 aromatic carbocycles. The first-order valence-electron chi connectivity index (χ1n) is 7.99. The zero-order valence-corrected chi connectivity index (χ0v) is 15.0. The molecule has 1 aromatic heterocycles. The van der Waals surface area contributed by atoms with Gasteiger partial charge in [-0.3, -0.25) is 9.69 Å². The van der Waals surface area contributed by atoms with Crippen molar-refractivity contribution in [3.05, 3.63) is 24.4 Å². The van der Waals surface area contributed by atoms with Crippen LogP contribution in [0.4, 0.5) is 10.6 Å². The number of pyridine rings is 1. The van der Waals surface area contributed by atoms with Crippen molar-refractivity contribution in [2.45, 2.75) is 25.7 Å². The van der Waals surface area contributed by atoms with Crippen molar-refractivity contribution < 1.29 is 12.7 Å². The Kier molecular flexibility index (Phi) is 5.34. The number of halogens is 1. The lowest BCUT2D eigenvalue weighted by Crippen LogP contribution is -2.45. The van der Waals surface area contributed by atoms with Crippen molar-refractivity contribution in [3.8, 4) is 0 Å². The molecule has 2 aliphatic rings. The first-order valence-corrected chi connectivity index (χ1v) is 8.87. The monoisotopic (exact) mass is 429 g/mol. The summed E-state index contributed by atoms with van der Waals surface area (Å²) in [6.45, 7) is 1.96. The van der Waals surface area contributed by atoms with Crippen LogP contribution in [0.3, 0.4) is 0 Å². The molecule has 0 bridgehead atoms. The Balaban J connectivity index is 1.70. The molecule has 2 fully saturated rings. The Hall–Kier alpha value is -1.38. The number of rotatable bonds is 4. The van der Waals surface area contributed by atoms with Crippen molar-refractivity contribution in [1.29, 1.82) is 0 Å². The van der Waals surface area contributed by atoms with Crippen LogP contribution < -0.4 is 4.90 Å². The van der Waals surface area contributed by atoms with Gasteiger partial charge in [0.1, 0.15) is 5.82 Å². The number of amides is 2. The molecule has 124 valence electrons. The third-order valence-corrected chi connectivity index (χ3v) is 4.78. The van der Waals surface area contributed by atoms with Crippen LogP contribution in [-0.4, -0.2) is 41.5 Å². The number of piperidine rings is 1. The third kappa shape index (κ3) is 4.13. The molecule has 23 heavy (non-hydrogen) atoms. The minimum Gasteiger partial charge on any atom is -0.378 e. The fourth-order valence-electron chi connectivity index (χ4n) is 3.05. The normalized spacial score (nSPS) is 20.9. The van der Waals surface area contributed by atoms with Crippen LogP contribution >= 0.6 is 23.0 Å². The molecule has 1 atom stereocenters. The predicted octanol–water partition coefficient (Wildman–Crippen LogP) is 3.02. The van der Waals surface area contributed by atoms with Gasteiger partial charge in [0.15, 0.2) is 23.0 Å². The van der Waals surface area contributed by atoms with E-state index in [2.05, 4.69) is 4.98 Å². The van der Waals surface area contributed by atoms with E-state index < -0.39 is 0 Å². The molecule has 2 amide bonds. The molecule has 0 spiro atoms. The number of likely N-dealkylation sites (tertiary alicyclic amines) is 1. The number of anilines is 1. The highest BCUT2D eigenvalue weighted by Gasteiger charge is 2.36. The number of aromatic nitrogens is 1. The summed E-state index contributed by atoms with van der Waals surface area (Å²) in [6.07, 6.45) is 5.30. The lowest BCUT2D eigenvalue weighted by Gasteiger charge is -2.34. The number of hydrogen-bond acceptors (Lipinski definition) is 4. The van der Waals surface area contributed by atoms with Crippen LogP contribution in [0, 0.1) is 11.8 Å². The zero-order valence-electron chi connectivity index (χ0n) is 12.9. The van der Waals surface area contributed by atoms with Gasteiger partial charge in [-0.1, -0.05) is 6.07 Å². The Morgan fingerprint density at radius 3 is 2.83 bits per heavy atom. The van der Waals surface area contributed by atoms with Crippen LogP contribution in [-0.2, 0) is 7.86 Å². The molecule has 7 heteroatoms. The minimum absolute atomic E-state index is 0.149. The molecule has 0 N–H and O–H groups in total. The van der Waals surface area contributed by atoms with Crippen molar-refractivity contribution in [1.82, 2.24) is 9.88 Å². The van der Waals surface area contributed by atoms with Crippen LogP contribution in [0.15, 0.2) is 24.4 Å². The van der Waals surface area contributed by atoms with E-state index in [9.17, 15) is 9.59 Å². The summed E-state index contributed by atoms with van der Waals surface area (Å²) in [5.74, 6) is 1.27. The number of carbonyl (C=O) groups excluding carboxylic acids is 2. The van der Waals surface area contributed by atoms with Gasteiger partial charge >= 0.3 is 6.09 Å². The maximum absolute atomic E-state index is 12.6. The van der Waals surface area contributed by atoms with E-state index in [1.54, 1.807) is 39.0 Å². The van der Waals surface area contributed by atoms with E-state index in [0.29, 0.717) is 18.9 Å². The van der Waals surface area contributed by atoms with Gasteiger partial charge in [0.2, 0.25) is 5.91 Å². The molecule has 3 rings (SSSR count).